The van der Waals surface area contributed by atoms with Crippen LogP contribution in [-0.4, -0.2) is 65.8 Å². The largest absolute Gasteiger partial charge is 0.371 e. The lowest BCUT2D eigenvalue weighted by atomic mass is 10.0. The molecule has 6 nitrogen and oxygen atoms in total. The lowest BCUT2D eigenvalue weighted by Gasteiger charge is -2.26. The SMILES string of the molecule is CC1(C)C(=O)N(C[C@H]2CO2)C(=O)N1C[C@H]1CO1. The van der Waals surface area contributed by atoms with Crippen LogP contribution in [-0.2, 0) is 14.3 Å². The molecular formula is C11H16N2O4. The second kappa shape index (κ2) is 3.43. The number of urea groups is 1. The predicted octanol–water partition coefficient (Wildman–Crippen LogP) is -0.173. The van der Waals surface area contributed by atoms with Gasteiger partial charge in [0.2, 0.25) is 0 Å². The average molecular weight is 240 g/mol. The van der Waals surface area contributed by atoms with Crippen LogP contribution in [0.2, 0.25) is 0 Å². The number of imide groups is 1. The van der Waals surface area contributed by atoms with E-state index in [0.29, 0.717) is 26.3 Å². The summed E-state index contributed by atoms with van der Waals surface area (Å²) < 4.78 is 10.2. The summed E-state index contributed by atoms with van der Waals surface area (Å²) in [5.41, 5.74) is -0.766. The van der Waals surface area contributed by atoms with Crippen LogP contribution in [0.5, 0.6) is 0 Å². The van der Waals surface area contributed by atoms with Gasteiger partial charge >= 0.3 is 6.03 Å². The molecule has 0 spiro atoms. The highest BCUT2D eigenvalue weighted by Crippen LogP contribution is 2.30. The number of epoxide rings is 2. The van der Waals surface area contributed by atoms with Gasteiger partial charge in [0.15, 0.2) is 0 Å². The van der Waals surface area contributed by atoms with Crippen LogP contribution in [0, 0.1) is 0 Å². The third kappa shape index (κ3) is 1.81. The summed E-state index contributed by atoms with van der Waals surface area (Å²) in [6.07, 6.45) is 0.138. The maximum absolute atomic E-state index is 12.2. The van der Waals surface area contributed by atoms with Gasteiger partial charge in [-0.15, -0.1) is 0 Å². The van der Waals surface area contributed by atoms with Crippen molar-refractivity contribution in [1.82, 2.24) is 9.80 Å². The number of carbonyl (C=O) groups excluding carboxylic acids is 2. The molecule has 0 unspecified atom stereocenters. The van der Waals surface area contributed by atoms with Crippen molar-refractivity contribution in [3.63, 3.8) is 0 Å². The Hall–Kier alpha value is -1.14. The fourth-order valence-corrected chi connectivity index (χ4v) is 2.14. The monoisotopic (exact) mass is 240 g/mol. The van der Waals surface area contributed by atoms with Gasteiger partial charge < -0.3 is 14.4 Å². The van der Waals surface area contributed by atoms with Gasteiger partial charge in [-0.3, -0.25) is 9.69 Å². The first-order chi connectivity index (χ1) is 8.00. The van der Waals surface area contributed by atoms with Crippen molar-refractivity contribution >= 4 is 11.9 Å². The molecule has 0 saturated carbocycles. The second-order valence-electron chi connectivity index (χ2n) is 5.28. The van der Waals surface area contributed by atoms with Crippen molar-refractivity contribution in [1.29, 1.82) is 0 Å². The van der Waals surface area contributed by atoms with E-state index in [-0.39, 0.29) is 24.1 Å². The van der Waals surface area contributed by atoms with Gasteiger partial charge in [0.25, 0.3) is 5.91 Å². The molecule has 0 bridgehead atoms. The zero-order chi connectivity index (χ0) is 12.2. The average Bonchev–Trinajstić information content (AvgIpc) is 3.12. The van der Waals surface area contributed by atoms with Crippen LogP contribution in [0.4, 0.5) is 4.79 Å². The van der Waals surface area contributed by atoms with Gasteiger partial charge in [0.1, 0.15) is 5.54 Å². The van der Waals surface area contributed by atoms with E-state index < -0.39 is 5.54 Å². The van der Waals surface area contributed by atoms with E-state index >= 15 is 0 Å². The molecule has 0 radical (unpaired) electrons. The number of ether oxygens (including phenoxy) is 2. The molecule has 0 N–H and O–H groups in total. The van der Waals surface area contributed by atoms with Crippen molar-refractivity contribution in [3.8, 4) is 0 Å². The van der Waals surface area contributed by atoms with Crippen LogP contribution in [0.1, 0.15) is 13.8 Å². The summed E-state index contributed by atoms with van der Waals surface area (Å²) >= 11 is 0. The molecule has 3 saturated heterocycles. The summed E-state index contributed by atoms with van der Waals surface area (Å²) in [4.78, 5) is 27.3. The Labute approximate surface area is 99.4 Å². The fraction of sp³-hybridized carbons (Fsp3) is 0.818. The van der Waals surface area contributed by atoms with Crippen molar-refractivity contribution in [2.75, 3.05) is 26.3 Å². The first-order valence-electron chi connectivity index (χ1n) is 5.87. The highest BCUT2D eigenvalue weighted by Gasteiger charge is 2.53. The topological polar surface area (TPSA) is 65.7 Å². The van der Waals surface area contributed by atoms with Crippen LogP contribution >= 0.6 is 0 Å². The molecule has 0 aromatic heterocycles. The molecule has 6 heteroatoms. The van der Waals surface area contributed by atoms with Gasteiger partial charge in [-0.1, -0.05) is 0 Å². The number of amides is 3. The lowest BCUT2D eigenvalue weighted by molar-refractivity contribution is -0.132. The zero-order valence-electron chi connectivity index (χ0n) is 10.0. The summed E-state index contributed by atoms with van der Waals surface area (Å²) in [6, 6.07) is -0.217. The Balaban J connectivity index is 1.77. The van der Waals surface area contributed by atoms with E-state index in [1.165, 1.54) is 4.90 Å². The molecule has 0 aromatic rings. The number of carbonyl (C=O) groups is 2. The van der Waals surface area contributed by atoms with E-state index in [2.05, 4.69) is 0 Å². The Kier molecular flexibility index (Phi) is 2.21. The Morgan fingerprint density at radius 2 is 1.71 bits per heavy atom. The van der Waals surface area contributed by atoms with Crippen molar-refractivity contribution in [3.05, 3.63) is 0 Å². The molecule has 3 aliphatic heterocycles. The number of nitrogens with zero attached hydrogens (tertiary/aromatic N) is 2. The number of hydrogen-bond donors (Lipinski definition) is 0. The maximum Gasteiger partial charge on any atom is 0.327 e. The smallest absolute Gasteiger partial charge is 0.327 e. The van der Waals surface area contributed by atoms with Crippen LogP contribution in [0.25, 0.3) is 0 Å². The molecular weight excluding hydrogens is 224 g/mol. The minimum absolute atomic E-state index is 0.0378. The first-order valence-corrected chi connectivity index (χ1v) is 5.87. The quantitative estimate of drug-likeness (QED) is 0.505. The molecule has 3 heterocycles. The molecule has 3 amide bonds. The maximum atomic E-state index is 12.2. The summed E-state index contributed by atoms with van der Waals surface area (Å²) in [5.74, 6) is -0.140. The van der Waals surface area contributed by atoms with E-state index in [9.17, 15) is 9.59 Å². The molecule has 3 fully saturated rings. The van der Waals surface area contributed by atoms with Gasteiger partial charge in [0, 0.05) is 0 Å². The first kappa shape index (κ1) is 11.0. The second-order valence-corrected chi connectivity index (χ2v) is 5.28. The fourth-order valence-electron chi connectivity index (χ4n) is 2.14. The predicted molar refractivity (Wildman–Crippen MR) is 57.4 cm³/mol. The third-order valence-electron chi connectivity index (χ3n) is 3.48. The minimum Gasteiger partial charge on any atom is -0.371 e. The van der Waals surface area contributed by atoms with Crippen molar-refractivity contribution < 1.29 is 19.1 Å². The van der Waals surface area contributed by atoms with E-state index in [1.54, 1.807) is 18.7 Å². The Morgan fingerprint density at radius 3 is 2.24 bits per heavy atom. The van der Waals surface area contributed by atoms with Gasteiger partial charge in [-0.25, -0.2) is 4.79 Å². The highest BCUT2D eigenvalue weighted by molar-refractivity contribution is 6.06. The minimum atomic E-state index is -0.766. The highest BCUT2D eigenvalue weighted by atomic mass is 16.6. The number of rotatable bonds is 4. The van der Waals surface area contributed by atoms with Gasteiger partial charge in [-0.2, -0.15) is 0 Å². The van der Waals surface area contributed by atoms with Crippen LogP contribution in [0.15, 0.2) is 0 Å². The Bertz CT molecular complexity index is 374. The molecule has 0 aromatic carbocycles. The van der Waals surface area contributed by atoms with E-state index in [4.69, 9.17) is 9.47 Å². The Morgan fingerprint density at radius 1 is 1.18 bits per heavy atom. The van der Waals surface area contributed by atoms with Gasteiger partial charge in [0.05, 0.1) is 38.5 Å². The summed E-state index contributed by atoms with van der Waals surface area (Å²) in [5, 5.41) is 0. The normalized spacial score (nSPS) is 34.5. The summed E-state index contributed by atoms with van der Waals surface area (Å²) in [7, 11) is 0. The van der Waals surface area contributed by atoms with Gasteiger partial charge in [-0.05, 0) is 13.8 Å². The van der Waals surface area contributed by atoms with Crippen molar-refractivity contribution in [2.45, 2.75) is 31.6 Å². The molecule has 3 rings (SSSR count). The molecule has 3 aliphatic rings. The zero-order valence-corrected chi connectivity index (χ0v) is 10.0. The van der Waals surface area contributed by atoms with Crippen LogP contribution < -0.4 is 0 Å². The molecule has 0 aliphatic carbocycles. The standard InChI is InChI=1S/C11H16N2O4/c1-11(2)9(14)12(3-7-5-16-7)10(15)13(11)4-8-6-17-8/h7-8H,3-6H2,1-2H3/t7-,8-/m0/s1. The van der Waals surface area contributed by atoms with E-state index in [0.717, 1.165) is 0 Å². The molecule has 94 valence electrons. The van der Waals surface area contributed by atoms with E-state index in [1.807, 2.05) is 0 Å². The third-order valence-corrected chi connectivity index (χ3v) is 3.48. The molecule has 2 atom stereocenters. The van der Waals surface area contributed by atoms with Crippen molar-refractivity contribution in [2.24, 2.45) is 0 Å². The lowest BCUT2D eigenvalue weighted by Crippen LogP contribution is -2.45. The van der Waals surface area contributed by atoms with Crippen LogP contribution in [0.3, 0.4) is 0 Å². The summed E-state index contributed by atoms with van der Waals surface area (Å²) in [6.45, 7) is 5.76. The number of hydrogen-bond acceptors (Lipinski definition) is 4. The molecule has 17 heavy (non-hydrogen) atoms.